The topological polar surface area (TPSA) is 30.5 Å². The fourth-order valence-electron chi connectivity index (χ4n) is 4.38. The molecular weight excluding hydrogens is 467 g/mol. The highest BCUT2D eigenvalue weighted by Gasteiger charge is 2.40. The predicted octanol–water partition coefficient (Wildman–Crippen LogP) is 6.49. The summed E-state index contributed by atoms with van der Waals surface area (Å²) < 4.78 is 104. The smallest absolute Gasteiger partial charge is 0.383 e. The van der Waals surface area contributed by atoms with Gasteiger partial charge in [-0.15, -0.1) is 0 Å². The lowest BCUT2D eigenvalue weighted by Crippen LogP contribution is -2.36. The third kappa shape index (κ3) is 6.49. The first-order valence-corrected chi connectivity index (χ1v) is 10.8. The summed E-state index contributed by atoms with van der Waals surface area (Å²) >= 11 is 0. The van der Waals surface area contributed by atoms with E-state index in [2.05, 4.69) is 5.32 Å². The van der Waals surface area contributed by atoms with Gasteiger partial charge in [-0.1, -0.05) is 12.1 Å². The molecule has 2 aromatic carbocycles. The molecule has 0 bridgehead atoms. The molecule has 3 nitrogen and oxygen atoms in total. The summed E-state index contributed by atoms with van der Waals surface area (Å²) in [5.41, 5.74) is -2.20. The molecule has 0 spiro atoms. The van der Waals surface area contributed by atoms with Gasteiger partial charge >= 0.3 is 12.4 Å². The molecule has 1 aliphatic carbocycles. The van der Waals surface area contributed by atoms with E-state index in [1.165, 1.54) is 19.1 Å². The molecule has 1 aliphatic rings. The van der Waals surface area contributed by atoms with E-state index in [1.54, 1.807) is 19.2 Å². The van der Waals surface area contributed by atoms with E-state index in [0.29, 0.717) is 38.1 Å². The molecule has 10 heteroatoms. The van der Waals surface area contributed by atoms with E-state index in [9.17, 15) is 30.7 Å². The predicted molar refractivity (Wildman–Crippen MR) is 112 cm³/mol. The molecule has 188 valence electrons. The molecule has 0 aliphatic heterocycles. The van der Waals surface area contributed by atoms with Crippen LogP contribution in [0.3, 0.4) is 0 Å². The molecule has 1 saturated carbocycles. The Morgan fingerprint density at radius 3 is 2.06 bits per heavy atom. The van der Waals surface area contributed by atoms with Crippen LogP contribution in [0.1, 0.15) is 54.0 Å². The summed E-state index contributed by atoms with van der Waals surface area (Å²) in [4.78, 5) is 0. The van der Waals surface area contributed by atoms with Crippen LogP contribution < -0.4 is 5.32 Å². The third-order valence-corrected chi connectivity index (χ3v) is 6.02. The minimum absolute atomic E-state index is 0.0787. The van der Waals surface area contributed by atoms with Gasteiger partial charge in [-0.3, -0.25) is 0 Å². The van der Waals surface area contributed by atoms with E-state index >= 15 is 0 Å². The summed E-state index contributed by atoms with van der Waals surface area (Å²) in [6.07, 6.45) is -10.2. The second-order valence-corrected chi connectivity index (χ2v) is 8.36. The van der Waals surface area contributed by atoms with Gasteiger partial charge in [0.15, 0.2) is 0 Å². The summed E-state index contributed by atoms with van der Waals surface area (Å²) in [5.74, 6) is -0.687. The molecule has 2 aromatic rings. The zero-order chi connectivity index (χ0) is 25.1. The van der Waals surface area contributed by atoms with Crippen molar-refractivity contribution in [2.75, 3.05) is 20.3 Å². The Bertz CT molecular complexity index is 912. The molecular formula is C24H26F7NO2. The van der Waals surface area contributed by atoms with Crippen molar-refractivity contribution in [3.63, 3.8) is 0 Å². The number of halogens is 7. The van der Waals surface area contributed by atoms with Gasteiger partial charge in [0.05, 0.1) is 29.9 Å². The zero-order valence-electron chi connectivity index (χ0n) is 18.6. The summed E-state index contributed by atoms with van der Waals surface area (Å²) in [6.45, 7) is 2.44. The zero-order valence-corrected chi connectivity index (χ0v) is 18.6. The van der Waals surface area contributed by atoms with Gasteiger partial charge in [0, 0.05) is 25.6 Å². The summed E-state index contributed by atoms with van der Waals surface area (Å²) in [6, 6.07) is 7.25. The van der Waals surface area contributed by atoms with E-state index in [0.717, 1.165) is 5.56 Å². The van der Waals surface area contributed by atoms with Gasteiger partial charge in [0.25, 0.3) is 0 Å². The average molecular weight is 493 g/mol. The Morgan fingerprint density at radius 2 is 1.53 bits per heavy atom. The maximum Gasteiger partial charge on any atom is 0.416 e. The van der Waals surface area contributed by atoms with Crippen LogP contribution in [0.2, 0.25) is 0 Å². The molecule has 4 atom stereocenters. The quantitative estimate of drug-likeness (QED) is 0.337. The van der Waals surface area contributed by atoms with Crippen molar-refractivity contribution >= 4 is 0 Å². The second-order valence-electron chi connectivity index (χ2n) is 8.36. The van der Waals surface area contributed by atoms with Crippen LogP contribution >= 0.6 is 0 Å². The van der Waals surface area contributed by atoms with Crippen LogP contribution in [-0.4, -0.2) is 32.4 Å². The van der Waals surface area contributed by atoms with Gasteiger partial charge in [-0.2, -0.15) is 26.3 Å². The van der Waals surface area contributed by atoms with Crippen LogP contribution in [-0.2, 0) is 21.8 Å². The van der Waals surface area contributed by atoms with Crippen molar-refractivity contribution in [3.8, 4) is 0 Å². The Balaban J connectivity index is 1.88. The average Bonchev–Trinajstić information content (AvgIpc) is 3.15. The van der Waals surface area contributed by atoms with Crippen molar-refractivity contribution in [2.24, 2.45) is 0 Å². The normalized spacial score (nSPS) is 22.2. The number of rotatable bonds is 8. The van der Waals surface area contributed by atoms with Gasteiger partial charge in [-0.05, 0) is 61.2 Å². The van der Waals surface area contributed by atoms with E-state index < -0.39 is 41.5 Å². The molecule has 34 heavy (non-hydrogen) atoms. The largest absolute Gasteiger partial charge is 0.416 e. The Hall–Kier alpha value is -2.17. The van der Waals surface area contributed by atoms with Gasteiger partial charge in [0.2, 0.25) is 0 Å². The standard InChI is InChI=1S/C24H26F7NO2/c1-14(16-11-17(23(26,27)28)13-18(12-16)24(29,30)31)34-21-8-7-20(32-9-10-33-2)22(21)15-3-5-19(25)6-4-15/h3-6,11-14,20-22,32H,7-10H2,1-2H3/t14-,20?,21?,22?/m1/s1. The number of methoxy groups -OCH3 is 1. The van der Waals surface area contributed by atoms with E-state index in [4.69, 9.17) is 9.47 Å². The lowest BCUT2D eigenvalue weighted by molar-refractivity contribution is -0.143. The molecule has 0 radical (unpaired) electrons. The Kier molecular flexibility index (Phi) is 8.26. The van der Waals surface area contributed by atoms with E-state index in [-0.39, 0.29) is 23.6 Å². The maximum absolute atomic E-state index is 13.5. The Labute approximate surface area is 193 Å². The molecule has 3 unspecified atom stereocenters. The number of alkyl halides is 6. The summed E-state index contributed by atoms with van der Waals surface area (Å²) in [5, 5.41) is 3.35. The summed E-state index contributed by atoms with van der Waals surface area (Å²) in [7, 11) is 1.56. The first kappa shape index (κ1) is 26.4. The molecule has 0 aromatic heterocycles. The second kappa shape index (κ2) is 10.6. The van der Waals surface area contributed by atoms with Crippen LogP contribution in [0.15, 0.2) is 42.5 Å². The van der Waals surface area contributed by atoms with Crippen LogP contribution in [0.25, 0.3) is 0 Å². The van der Waals surface area contributed by atoms with Crippen LogP contribution in [0.5, 0.6) is 0 Å². The number of benzene rings is 2. The first-order chi connectivity index (χ1) is 15.9. The molecule has 0 saturated heterocycles. The van der Waals surface area contributed by atoms with Crippen LogP contribution in [0.4, 0.5) is 30.7 Å². The first-order valence-electron chi connectivity index (χ1n) is 10.8. The fraction of sp³-hybridized carbons (Fsp3) is 0.500. The number of nitrogens with one attached hydrogen (secondary N) is 1. The highest BCUT2D eigenvalue weighted by atomic mass is 19.4. The Morgan fingerprint density at radius 1 is 0.941 bits per heavy atom. The SMILES string of the molecule is COCCNC1CCC(O[C@H](C)c2cc(C(F)(F)F)cc(C(F)(F)F)c2)C1c1ccc(F)cc1. The maximum atomic E-state index is 13.5. The van der Waals surface area contributed by atoms with Gasteiger partial charge in [0.1, 0.15) is 5.82 Å². The highest BCUT2D eigenvalue weighted by Crippen LogP contribution is 2.42. The van der Waals surface area contributed by atoms with Crippen molar-refractivity contribution in [1.29, 1.82) is 0 Å². The minimum Gasteiger partial charge on any atom is -0.383 e. The third-order valence-electron chi connectivity index (χ3n) is 6.02. The monoisotopic (exact) mass is 493 g/mol. The lowest BCUT2D eigenvalue weighted by atomic mass is 9.92. The van der Waals surface area contributed by atoms with Crippen molar-refractivity contribution in [1.82, 2.24) is 5.32 Å². The fourth-order valence-corrected chi connectivity index (χ4v) is 4.38. The number of ether oxygens (including phenoxy) is 2. The van der Waals surface area contributed by atoms with Crippen molar-refractivity contribution < 1.29 is 40.2 Å². The lowest BCUT2D eigenvalue weighted by Gasteiger charge is -2.29. The van der Waals surface area contributed by atoms with E-state index in [1.807, 2.05) is 0 Å². The number of hydrogen-bond donors (Lipinski definition) is 1. The number of hydrogen-bond acceptors (Lipinski definition) is 3. The minimum atomic E-state index is -4.93. The molecule has 1 fully saturated rings. The molecule has 1 N–H and O–H groups in total. The highest BCUT2D eigenvalue weighted by molar-refractivity contribution is 5.35. The molecule has 3 rings (SSSR count). The van der Waals surface area contributed by atoms with Crippen molar-refractivity contribution in [3.05, 3.63) is 70.5 Å². The van der Waals surface area contributed by atoms with Crippen LogP contribution in [0, 0.1) is 5.82 Å². The van der Waals surface area contributed by atoms with Gasteiger partial charge in [-0.25, -0.2) is 4.39 Å². The molecule has 0 amide bonds. The molecule has 0 heterocycles. The van der Waals surface area contributed by atoms with Crippen molar-refractivity contribution in [2.45, 2.75) is 56.3 Å². The van der Waals surface area contributed by atoms with Gasteiger partial charge < -0.3 is 14.8 Å².